The standard InChI is InChI=1S/C12H19N3O/c1-4-8-15(9-5-2)11-12(16)14(3)10-6-7-13/h4-5H,1-2,6,8-11H2,3H3. The molecule has 0 aromatic heterocycles. The number of hydrogen-bond donors (Lipinski definition) is 0. The number of nitriles is 1. The highest BCUT2D eigenvalue weighted by molar-refractivity contribution is 5.78. The van der Waals surface area contributed by atoms with Crippen LogP contribution in [0.25, 0.3) is 0 Å². The van der Waals surface area contributed by atoms with Crippen LogP contribution >= 0.6 is 0 Å². The summed E-state index contributed by atoms with van der Waals surface area (Å²) in [5.41, 5.74) is 0. The topological polar surface area (TPSA) is 47.3 Å². The van der Waals surface area contributed by atoms with Crippen molar-refractivity contribution in [2.45, 2.75) is 6.42 Å². The Morgan fingerprint density at radius 1 is 1.38 bits per heavy atom. The van der Waals surface area contributed by atoms with Crippen LogP contribution in [0.15, 0.2) is 25.3 Å². The van der Waals surface area contributed by atoms with E-state index < -0.39 is 0 Å². The fraction of sp³-hybridized carbons (Fsp3) is 0.500. The summed E-state index contributed by atoms with van der Waals surface area (Å²) in [7, 11) is 1.71. The van der Waals surface area contributed by atoms with Crippen molar-refractivity contribution < 1.29 is 4.79 Å². The molecule has 0 unspecified atom stereocenters. The molecule has 4 heteroatoms. The van der Waals surface area contributed by atoms with E-state index in [1.165, 1.54) is 0 Å². The van der Waals surface area contributed by atoms with Gasteiger partial charge in [-0.25, -0.2) is 0 Å². The van der Waals surface area contributed by atoms with E-state index in [9.17, 15) is 4.79 Å². The molecule has 16 heavy (non-hydrogen) atoms. The van der Waals surface area contributed by atoms with Gasteiger partial charge in [-0.1, -0.05) is 12.2 Å². The molecule has 1 amide bonds. The normalized spacial score (nSPS) is 9.56. The van der Waals surface area contributed by atoms with Gasteiger partial charge in [-0.3, -0.25) is 9.69 Å². The molecular weight excluding hydrogens is 202 g/mol. The fourth-order valence-electron chi connectivity index (χ4n) is 1.22. The Labute approximate surface area is 97.4 Å². The first-order valence-electron chi connectivity index (χ1n) is 5.20. The highest BCUT2D eigenvalue weighted by Gasteiger charge is 2.12. The second kappa shape index (κ2) is 8.69. The highest BCUT2D eigenvalue weighted by Crippen LogP contribution is 1.94. The molecule has 88 valence electrons. The summed E-state index contributed by atoms with van der Waals surface area (Å²) in [4.78, 5) is 15.2. The van der Waals surface area contributed by atoms with Crippen molar-refractivity contribution in [3.63, 3.8) is 0 Å². The molecule has 0 atom stereocenters. The van der Waals surface area contributed by atoms with Crippen LogP contribution in [0.4, 0.5) is 0 Å². The van der Waals surface area contributed by atoms with E-state index in [1.54, 1.807) is 24.1 Å². The third kappa shape index (κ3) is 5.99. The van der Waals surface area contributed by atoms with Gasteiger partial charge >= 0.3 is 0 Å². The van der Waals surface area contributed by atoms with Crippen LogP contribution in [-0.2, 0) is 4.79 Å². The minimum absolute atomic E-state index is 0.0129. The average molecular weight is 221 g/mol. The number of rotatable bonds is 8. The van der Waals surface area contributed by atoms with Crippen molar-refractivity contribution in [3.8, 4) is 6.07 Å². The van der Waals surface area contributed by atoms with Gasteiger partial charge in [0.25, 0.3) is 0 Å². The third-order valence-electron chi connectivity index (χ3n) is 2.12. The lowest BCUT2D eigenvalue weighted by Gasteiger charge is -2.22. The van der Waals surface area contributed by atoms with E-state index in [-0.39, 0.29) is 5.91 Å². The van der Waals surface area contributed by atoms with Gasteiger partial charge in [-0.05, 0) is 0 Å². The molecule has 0 fully saturated rings. The van der Waals surface area contributed by atoms with Gasteiger partial charge in [0.2, 0.25) is 5.91 Å². The van der Waals surface area contributed by atoms with Gasteiger partial charge in [0, 0.05) is 26.7 Å². The van der Waals surface area contributed by atoms with Gasteiger partial charge in [-0.15, -0.1) is 13.2 Å². The Hall–Kier alpha value is -1.60. The first kappa shape index (κ1) is 14.4. The number of carbonyl (C=O) groups is 1. The molecule has 0 rings (SSSR count). The monoisotopic (exact) mass is 221 g/mol. The van der Waals surface area contributed by atoms with E-state index in [2.05, 4.69) is 13.2 Å². The summed E-state index contributed by atoms with van der Waals surface area (Å²) in [6.07, 6.45) is 3.88. The molecule has 0 spiro atoms. The quantitative estimate of drug-likeness (QED) is 0.575. The molecule has 0 aliphatic rings. The van der Waals surface area contributed by atoms with Gasteiger partial charge in [0.05, 0.1) is 19.0 Å². The minimum atomic E-state index is 0.0129. The van der Waals surface area contributed by atoms with Gasteiger partial charge < -0.3 is 4.90 Å². The summed E-state index contributed by atoms with van der Waals surface area (Å²) in [6.45, 7) is 9.41. The lowest BCUT2D eigenvalue weighted by atomic mass is 10.3. The van der Waals surface area contributed by atoms with E-state index in [4.69, 9.17) is 5.26 Å². The predicted octanol–water partition coefficient (Wildman–Crippen LogP) is 1.03. The van der Waals surface area contributed by atoms with Gasteiger partial charge in [0.15, 0.2) is 0 Å². The van der Waals surface area contributed by atoms with Crippen molar-refractivity contribution >= 4 is 5.91 Å². The molecule has 0 aromatic rings. The zero-order valence-electron chi connectivity index (χ0n) is 9.85. The highest BCUT2D eigenvalue weighted by atomic mass is 16.2. The second-order valence-corrected chi connectivity index (χ2v) is 3.49. The average Bonchev–Trinajstić information content (AvgIpc) is 2.26. The Kier molecular flexibility index (Phi) is 7.82. The smallest absolute Gasteiger partial charge is 0.236 e. The maximum atomic E-state index is 11.7. The van der Waals surface area contributed by atoms with Crippen molar-refractivity contribution in [2.75, 3.05) is 33.2 Å². The SMILES string of the molecule is C=CCN(CC=C)CC(=O)N(C)CCC#N. The summed E-state index contributed by atoms with van der Waals surface area (Å²) < 4.78 is 0. The van der Waals surface area contributed by atoms with Crippen LogP contribution in [-0.4, -0.2) is 48.9 Å². The van der Waals surface area contributed by atoms with Gasteiger partial charge in [-0.2, -0.15) is 5.26 Å². The zero-order valence-corrected chi connectivity index (χ0v) is 9.85. The Morgan fingerprint density at radius 3 is 2.38 bits per heavy atom. The molecule has 0 aliphatic heterocycles. The van der Waals surface area contributed by atoms with E-state index in [0.29, 0.717) is 32.6 Å². The van der Waals surface area contributed by atoms with E-state index in [0.717, 1.165) is 0 Å². The third-order valence-corrected chi connectivity index (χ3v) is 2.12. The van der Waals surface area contributed by atoms with Crippen LogP contribution in [0, 0.1) is 11.3 Å². The molecule has 0 N–H and O–H groups in total. The summed E-state index contributed by atoms with van der Waals surface area (Å²) in [5, 5.41) is 8.42. The molecule has 0 heterocycles. The summed E-state index contributed by atoms with van der Waals surface area (Å²) in [6, 6.07) is 2.02. The fourth-order valence-corrected chi connectivity index (χ4v) is 1.22. The lowest BCUT2D eigenvalue weighted by molar-refractivity contribution is -0.130. The van der Waals surface area contributed by atoms with E-state index >= 15 is 0 Å². The van der Waals surface area contributed by atoms with Crippen LogP contribution in [0.3, 0.4) is 0 Å². The first-order valence-corrected chi connectivity index (χ1v) is 5.20. The van der Waals surface area contributed by atoms with Crippen molar-refractivity contribution in [1.29, 1.82) is 5.26 Å². The summed E-state index contributed by atoms with van der Waals surface area (Å²) in [5.74, 6) is 0.0129. The van der Waals surface area contributed by atoms with Crippen LogP contribution in [0.2, 0.25) is 0 Å². The summed E-state index contributed by atoms with van der Waals surface area (Å²) >= 11 is 0. The van der Waals surface area contributed by atoms with Gasteiger partial charge in [0.1, 0.15) is 0 Å². The Morgan fingerprint density at radius 2 is 1.94 bits per heavy atom. The van der Waals surface area contributed by atoms with Crippen molar-refractivity contribution in [1.82, 2.24) is 9.80 Å². The first-order chi connectivity index (χ1) is 7.65. The Balaban J connectivity index is 4.11. The molecule has 0 radical (unpaired) electrons. The maximum absolute atomic E-state index is 11.7. The number of nitrogens with zero attached hydrogens (tertiary/aromatic N) is 3. The number of likely N-dealkylation sites (N-methyl/N-ethyl adjacent to an activating group) is 1. The molecule has 0 bridgehead atoms. The lowest BCUT2D eigenvalue weighted by Crippen LogP contribution is -2.38. The van der Waals surface area contributed by atoms with Crippen molar-refractivity contribution in [3.05, 3.63) is 25.3 Å². The predicted molar refractivity (Wildman–Crippen MR) is 64.7 cm³/mol. The van der Waals surface area contributed by atoms with Crippen molar-refractivity contribution in [2.24, 2.45) is 0 Å². The number of carbonyl (C=O) groups excluding carboxylic acids is 1. The van der Waals surface area contributed by atoms with Crippen LogP contribution < -0.4 is 0 Å². The largest absolute Gasteiger partial charge is 0.344 e. The Bertz CT molecular complexity index is 270. The molecule has 4 nitrogen and oxygen atoms in total. The molecule has 0 saturated carbocycles. The van der Waals surface area contributed by atoms with Crippen LogP contribution in [0.5, 0.6) is 0 Å². The van der Waals surface area contributed by atoms with Crippen LogP contribution in [0.1, 0.15) is 6.42 Å². The molecule has 0 aromatic carbocycles. The molecule has 0 saturated heterocycles. The molecule has 0 aliphatic carbocycles. The van der Waals surface area contributed by atoms with E-state index in [1.807, 2.05) is 11.0 Å². The zero-order chi connectivity index (χ0) is 12.4. The minimum Gasteiger partial charge on any atom is -0.344 e. The second-order valence-electron chi connectivity index (χ2n) is 3.49. The number of hydrogen-bond acceptors (Lipinski definition) is 3. The number of amides is 1. The molecular formula is C12H19N3O. The maximum Gasteiger partial charge on any atom is 0.236 e.